The Morgan fingerprint density at radius 3 is 2.83 bits per heavy atom. The van der Waals surface area contributed by atoms with Gasteiger partial charge in [-0.1, -0.05) is 55.0 Å². The summed E-state index contributed by atoms with van der Waals surface area (Å²) in [7, 11) is 0. The average Bonchev–Trinajstić information content (AvgIpc) is 3.23. The zero-order valence-electron chi connectivity index (χ0n) is 13.2. The van der Waals surface area contributed by atoms with Crippen molar-refractivity contribution in [3.8, 4) is 11.4 Å². The van der Waals surface area contributed by atoms with Gasteiger partial charge in [0.25, 0.3) is 0 Å². The lowest BCUT2D eigenvalue weighted by atomic mass is 10.2. The zero-order valence-corrected chi connectivity index (χ0v) is 14.0. The van der Waals surface area contributed by atoms with E-state index in [1.807, 2.05) is 30.3 Å². The Kier molecular flexibility index (Phi) is 5.22. The number of carbonyl (C=O) groups excluding carboxylic acids is 1. The molecule has 1 N–H and O–H groups in total. The van der Waals surface area contributed by atoms with E-state index in [9.17, 15) is 4.79 Å². The molecule has 3 aromatic rings. The fourth-order valence-corrected chi connectivity index (χ4v) is 2.83. The van der Waals surface area contributed by atoms with Crippen molar-refractivity contribution in [1.29, 1.82) is 0 Å². The highest BCUT2D eigenvalue weighted by molar-refractivity contribution is 7.15. The molecule has 124 valence electrons. The molecule has 0 unspecified atom stereocenters. The number of anilines is 1. The Balaban J connectivity index is 1.57. The van der Waals surface area contributed by atoms with Crippen molar-refractivity contribution in [1.82, 2.24) is 30.4 Å². The number of nitrogens with zero attached hydrogens (tertiary/aromatic N) is 6. The molecular formula is C15H17N7OS. The summed E-state index contributed by atoms with van der Waals surface area (Å²) in [5, 5.41) is 24.2. The lowest BCUT2D eigenvalue weighted by Gasteiger charge is -1.99. The van der Waals surface area contributed by atoms with Gasteiger partial charge in [-0.05, 0) is 11.6 Å². The molecule has 0 atom stereocenters. The predicted octanol–water partition coefficient (Wildman–Crippen LogP) is 2.17. The molecule has 0 aliphatic rings. The molecule has 0 saturated carbocycles. The first-order valence-corrected chi connectivity index (χ1v) is 8.51. The van der Waals surface area contributed by atoms with Crippen LogP contribution in [0.15, 0.2) is 30.3 Å². The number of carbonyl (C=O) groups is 1. The number of tetrazole rings is 1. The van der Waals surface area contributed by atoms with Crippen LogP contribution in [0.25, 0.3) is 11.4 Å². The van der Waals surface area contributed by atoms with Crippen molar-refractivity contribution >= 4 is 22.4 Å². The minimum atomic E-state index is -0.259. The Labute approximate surface area is 142 Å². The van der Waals surface area contributed by atoms with Crippen LogP contribution in [0.5, 0.6) is 0 Å². The quantitative estimate of drug-likeness (QED) is 0.706. The van der Waals surface area contributed by atoms with Crippen LogP contribution in [0.1, 0.15) is 24.8 Å². The minimum Gasteiger partial charge on any atom is -0.299 e. The maximum Gasteiger partial charge on any atom is 0.249 e. The summed E-state index contributed by atoms with van der Waals surface area (Å²) in [6.07, 6.45) is 3.05. The van der Waals surface area contributed by atoms with Crippen LogP contribution in [0.2, 0.25) is 0 Å². The van der Waals surface area contributed by atoms with Crippen molar-refractivity contribution in [3.63, 3.8) is 0 Å². The highest BCUT2D eigenvalue weighted by Crippen LogP contribution is 2.17. The summed E-state index contributed by atoms with van der Waals surface area (Å²) in [6.45, 7) is 2.10. The lowest BCUT2D eigenvalue weighted by molar-refractivity contribution is -0.117. The van der Waals surface area contributed by atoms with Crippen LogP contribution in [0.3, 0.4) is 0 Å². The van der Waals surface area contributed by atoms with Gasteiger partial charge in [-0.2, -0.15) is 4.80 Å². The van der Waals surface area contributed by atoms with E-state index < -0.39 is 0 Å². The first-order chi connectivity index (χ1) is 11.7. The molecule has 3 rings (SSSR count). The van der Waals surface area contributed by atoms with Gasteiger partial charge in [0, 0.05) is 12.0 Å². The van der Waals surface area contributed by atoms with Crippen molar-refractivity contribution in [3.05, 3.63) is 35.3 Å². The highest BCUT2D eigenvalue weighted by Gasteiger charge is 2.11. The zero-order chi connectivity index (χ0) is 16.8. The van der Waals surface area contributed by atoms with Gasteiger partial charge in [-0.3, -0.25) is 10.1 Å². The Hall–Kier alpha value is -2.68. The number of aromatic nitrogens is 6. The summed E-state index contributed by atoms with van der Waals surface area (Å²) >= 11 is 1.39. The van der Waals surface area contributed by atoms with Crippen molar-refractivity contribution < 1.29 is 4.79 Å². The standard InChI is InChI=1S/C15H17N7OS/c1-2-3-9-13-17-19-15(24-13)16-12(23)10-22-20-14(18-21-22)11-7-5-4-6-8-11/h4-8H,2-3,9-10H2,1H3,(H,16,19,23). The first-order valence-electron chi connectivity index (χ1n) is 7.70. The molecule has 1 amide bonds. The predicted molar refractivity (Wildman–Crippen MR) is 90.4 cm³/mol. The second kappa shape index (κ2) is 7.73. The summed E-state index contributed by atoms with van der Waals surface area (Å²) < 4.78 is 0. The fourth-order valence-electron chi connectivity index (χ4n) is 2.03. The van der Waals surface area contributed by atoms with E-state index in [0.29, 0.717) is 11.0 Å². The van der Waals surface area contributed by atoms with E-state index in [4.69, 9.17) is 0 Å². The third-order valence-corrected chi connectivity index (χ3v) is 4.13. The van der Waals surface area contributed by atoms with E-state index in [1.54, 1.807) is 0 Å². The lowest BCUT2D eigenvalue weighted by Crippen LogP contribution is -2.20. The third-order valence-electron chi connectivity index (χ3n) is 3.23. The van der Waals surface area contributed by atoms with Crippen LogP contribution in [-0.4, -0.2) is 36.3 Å². The minimum absolute atomic E-state index is 0.0241. The summed E-state index contributed by atoms with van der Waals surface area (Å²) in [4.78, 5) is 13.3. The molecule has 2 aromatic heterocycles. The van der Waals surface area contributed by atoms with Gasteiger partial charge in [-0.15, -0.1) is 20.4 Å². The fraction of sp³-hybridized carbons (Fsp3) is 0.333. The normalized spacial score (nSPS) is 10.7. The summed E-state index contributed by atoms with van der Waals surface area (Å²) in [6, 6.07) is 9.49. The van der Waals surface area contributed by atoms with Crippen molar-refractivity contribution in [2.45, 2.75) is 32.7 Å². The Morgan fingerprint density at radius 1 is 1.21 bits per heavy atom. The number of amides is 1. The van der Waals surface area contributed by atoms with Crippen LogP contribution in [0, 0.1) is 0 Å². The van der Waals surface area contributed by atoms with Crippen LogP contribution < -0.4 is 5.32 Å². The number of hydrogen-bond donors (Lipinski definition) is 1. The van der Waals surface area contributed by atoms with Gasteiger partial charge in [0.15, 0.2) is 0 Å². The molecule has 0 fully saturated rings. The summed E-state index contributed by atoms with van der Waals surface area (Å²) in [5.41, 5.74) is 0.855. The molecule has 0 saturated heterocycles. The van der Waals surface area contributed by atoms with Gasteiger partial charge in [0.1, 0.15) is 11.6 Å². The topological polar surface area (TPSA) is 98.5 Å². The van der Waals surface area contributed by atoms with Gasteiger partial charge >= 0.3 is 0 Å². The third kappa shape index (κ3) is 4.19. The van der Waals surface area contributed by atoms with E-state index in [2.05, 4.69) is 37.8 Å². The number of aryl methyl sites for hydroxylation is 1. The van der Waals surface area contributed by atoms with Gasteiger partial charge in [-0.25, -0.2) is 0 Å². The maximum atomic E-state index is 12.1. The second-order valence-corrected chi connectivity index (χ2v) is 6.22. The molecule has 0 bridgehead atoms. The maximum absolute atomic E-state index is 12.1. The van der Waals surface area contributed by atoms with Crippen molar-refractivity contribution in [2.75, 3.05) is 5.32 Å². The first kappa shape index (κ1) is 16.2. The van der Waals surface area contributed by atoms with E-state index >= 15 is 0 Å². The average molecular weight is 343 g/mol. The molecule has 0 aliphatic carbocycles. The molecule has 0 aliphatic heterocycles. The Morgan fingerprint density at radius 2 is 2.04 bits per heavy atom. The van der Waals surface area contributed by atoms with E-state index in [0.717, 1.165) is 29.8 Å². The number of rotatable bonds is 7. The van der Waals surface area contributed by atoms with Crippen LogP contribution in [0.4, 0.5) is 5.13 Å². The molecule has 8 nitrogen and oxygen atoms in total. The smallest absolute Gasteiger partial charge is 0.249 e. The number of hydrogen-bond acceptors (Lipinski definition) is 7. The van der Waals surface area contributed by atoms with Crippen LogP contribution in [-0.2, 0) is 17.8 Å². The molecule has 1 aromatic carbocycles. The number of nitrogens with one attached hydrogen (secondary N) is 1. The van der Waals surface area contributed by atoms with Crippen molar-refractivity contribution in [2.24, 2.45) is 0 Å². The largest absolute Gasteiger partial charge is 0.299 e. The number of benzene rings is 1. The van der Waals surface area contributed by atoms with Gasteiger partial charge < -0.3 is 0 Å². The second-order valence-electron chi connectivity index (χ2n) is 5.16. The molecule has 0 spiro atoms. The molecule has 2 heterocycles. The molecule has 9 heteroatoms. The van der Waals surface area contributed by atoms with E-state index in [-0.39, 0.29) is 12.5 Å². The van der Waals surface area contributed by atoms with E-state index in [1.165, 1.54) is 16.1 Å². The highest BCUT2D eigenvalue weighted by atomic mass is 32.1. The van der Waals surface area contributed by atoms with Crippen LogP contribution >= 0.6 is 11.3 Å². The SMILES string of the molecule is CCCCc1nnc(NC(=O)Cn2nnc(-c3ccccc3)n2)s1. The summed E-state index contributed by atoms with van der Waals surface area (Å²) in [5.74, 6) is 0.228. The Bertz CT molecular complexity index is 799. The van der Waals surface area contributed by atoms with Gasteiger partial charge in [0.2, 0.25) is 16.9 Å². The molecule has 24 heavy (non-hydrogen) atoms. The monoisotopic (exact) mass is 343 g/mol. The molecular weight excluding hydrogens is 326 g/mol. The number of unbranched alkanes of at least 4 members (excludes halogenated alkanes) is 1. The van der Waals surface area contributed by atoms with Gasteiger partial charge in [0.05, 0.1) is 0 Å². The molecule has 0 radical (unpaired) electrons.